The highest BCUT2D eigenvalue weighted by atomic mass is 16.5. The summed E-state index contributed by atoms with van der Waals surface area (Å²) in [5.74, 6) is -0.0493. The number of ether oxygens (including phenoxy) is 1. The van der Waals surface area contributed by atoms with Crippen molar-refractivity contribution in [2.45, 2.75) is 25.7 Å². The van der Waals surface area contributed by atoms with Gasteiger partial charge in [0.15, 0.2) is 0 Å². The minimum Gasteiger partial charge on any atom is -0.469 e. The number of hydrogen-bond acceptors (Lipinski definition) is 2. The monoisotopic (exact) mass is 268 g/mol. The molecule has 1 unspecified atom stereocenters. The van der Waals surface area contributed by atoms with E-state index in [0.29, 0.717) is 0 Å². The average Bonchev–Trinajstić information content (AvgIpc) is 3.26. The van der Waals surface area contributed by atoms with E-state index in [4.69, 9.17) is 4.74 Å². The lowest BCUT2D eigenvalue weighted by atomic mass is 9.74. The van der Waals surface area contributed by atoms with Crippen LogP contribution in [0.2, 0.25) is 0 Å². The van der Waals surface area contributed by atoms with Gasteiger partial charge in [-0.2, -0.15) is 0 Å². The van der Waals surface area contributed by atoms with Crippen molar-refractivity contribution in [3.8, 4) is 0 Å². The second kappa shape index (κ2) is 4.93. The van der Waals surface area contributed by atoms with Gasteiger partial charge in [-0.3, -0.25) is 4.79 Å². The Bertz CT molecular complexity index is 564. The number of esters is 1. The molecule has 0 aliphatic heterocycles. The quantitative estimate of drug-likeness (QED) is 0.775. The standard InChI is InChI=1S/C18H20O2/c1-13(14-6-4-3-5-7-14)16-9-8-15(17(19)20-2)12-18(16)10-11-18/h3-7,9,15H,1,8,10-12H2,2H3. The fraction of sp³-hybridized carbons (Fsp3) is 0.389. The molecule has 0 radical (unpaired) electrons. The number of benzene rings is 1. The minimum atomic E-state index is -0.0723. The summed E-state index contributed by atoms with van der Waals surface area (Å²) in [6.45, 7) is 4.29. The molecule has 0 heterocycles. The van der Waals surface area contributed by atoms with Crippen molar-refractivity contribution in [2.24, 2.45) is 11.3 Å². The number of carbonyl (C=O) groups excluding carboxylic acids is 1. The first-order valence-corrected chi connectivity index (χ1v) is 7.19. The lowest BCUT2D eigenvalue weighted by Gasteiger charge is -2.30. The molecule has 2 heteroatoms. The summed E-state index contributed by atoms with van der Waals surface area (Å²) in [7, 11) is 1.48. The van der Waals surface area contributed by atoms with E-state index in [0.717, 1.165) is 31.3 Å². The molecule has 1 aromatic carbocycles. The van der Waals surface area contributed by atoms with Gasteiger partial charge in [-0.05, 0) is 47.8 Å². The first-order valence-electron chi connectivity index (χ1n) is 7.19. The summed E-state index contributed by atoms with van der Waals surface area (Å²) in [6, 6.07) is 10.3. The zero-order chi connectivity index (χ0) is 14.2. The van der Waals surface area contributed by atoms with Crippen molar-refractivity contribution in [3.05, 3.63) is 54.1 Å². The van der Waals surface area contributed by atoms with Gasteiger partial charge in [0.25, 0.3) is 0 Å². The molecule has 2 aliphatic carbocycles. The van der Waals surface area contributed by atoms with E-state index in [1.54, 1.807) is 0 Å². The maximum Gasteiger partial charge on any atom is 0.308 e. The highest BCUT2D eigenvalue weighted by molar-refractivity contribution is 5.81. The molecule has 0 bridgehead atoms. The van der Waals surface area contributed by atoms with E-state index >= 15 is 0 Å². The van der Waals surface area contributed by atoms with Gasteiger partial charge < -0.3 is 4.74 Å². The van der Waals surface area contributed by atoms with Gasteiger partial charge in [-0.1, -0.05) is 43.0 Å². The van der Waals surface area contributed by atoms with Crippen LogP contribution in [0.3, 0.4) is 0 Å². The van der Waals surface area contributed by atoms with Gasteiger partial charge in [-0.15, -0.1) is 0 Å². The fourth-order valence-electron chi connectivity index (χ4n) is 3.35. The molecule has 0 aromatic heterocycles. The maximum absolute atomic E-state index is 11.8. The van der Waals surface area contributed by atoms with E-state index in [1.165, 1.54) is 18.2 Å². The molecule has 20 heavy (non-hydrogen) atoms. The summed E-state index contributed by atoms with van der Waals surface area (Å²) in [5.41, 5.74) is 3.83. The summed E-state index contributed by atoms with van der Waals surface area (Å²) in [6.07, 6.45) is 6.23. The SMILES string of the molecule is C=C(C1=CCC(C(=O)OC)CC12CC2)c1ccccc1. The highest BCUT2D eigenvalue weighted by Crippen LogP contribution is 2.61. The van der Waals surface area contributed by atoms with Crippen LogP contribution in [-0.2, 0) is 9.53 Å². The smallest absolute Gasteiger partial charge is 0.308 e. The van der Waals surface area contributed by atoms with Crippen LogP contribution < -0.4 is 0 Å². The van der Waals surface area contributed by atoms with Crippen molar-refractivity contribution < 1.29 is 9.53 Å². The third-order valence-electron chi connectivity index (χ3n) is 4.65. The van der Waals surface area contributed by atoms with E-state index in [1.807, 2.05) is 18.2 Å². The lowest BCUT2D eigenvalue weighted by Crippen LogP contribution is -2.25. The van der Waals surface area contributed by atoms with Crippen molar-refractivity contribution >= 4 is 11.5 Å². The predicted octanol–water partition coefficient (Wildman–Crippen LogP) is 3.99. The molecule has 1 spiro atoms. The van der Waals surface area contributed by atoms with Gasteiger partial charge in [0.1, 0.15) is 0 Å². The fourth-order valence-corrected chi connectivity index (χ4v) is 3.35. The van der Waals surface area contributed by atoms with Crippen LogP contribution in [0.5, 0.6) is 0 Å². The van der Waals surface area contributed by atoms with Crippen molar-refractivity contribution in [3.63, 3.8) is 0 Å². The van der Waals surface area contributed by atoms with Crippen LogP contribution in [0.15, 0.2) is 48.6 Å². The molecule has 2 aliphatic rings. The molecule has 3 rings (SSSR count). The van der Waals surface area contributed by atoms with Crippen LogP contribution in [0.25, 0.3) is 5.57 Å². The number of allylic oxidation sites excluding steroid dienone is 3. The molecular weight excluding hydrogens is 248 g/mol. The first-order chi connectivity index (χ1) is 9.66. The molecule has 0 N–H and O–H groups in total. The summed E-state index contributed by atoms with van der Waals surface area (Å²) >= 11 is 0. The Hall–Kier alpha value is -1.83. The first kappa shape index (κ1) is 13.2. The molecule has 0 amide bonds. The van der Waals surface area contributed by atoms with Crippen molar-refractivity contribution in [2.75, 3.05) is 7.11 Å². The van der Waals surface area contributed by atoms with Crippen LogP contribution in [-0.4, -0.2) is 13.1 Å². The summed E-state index contributed by atoms with van der Waals surface area (Å²) in [4.78, 5) is 11.8. The molecule has 104 valence electrons. The normalized spacial score (nSPS) is 23.1. The zero-order valence-electron chi connectivity index (χ0n) is 11.9. The molecule has 1 fully saturated rings. The van der Waals surface area contributed by atoms with E-state index in [2.05, 4.69) is 24.8 Å². The van der Waals surface area contributed by atoms with Gasteiger partial charge in [0.2, 0.25) is 0 Å². The number of rotatable bonds is 3. The van der Waals surface area contributed by atoms with E-state index in [9.17, 15) is 4.79 Å². The van der Waals surface area contributed by atoms with Crippen molar-refractivity contribution in [1.82, 2.24) is 0 Å². The molecule has 1 aromatic rings. The maximum atomic E-state index is 11.8. The molecular formula is C18H20O2. The molecule has 0 saturated heterocycles. The van der Waals surface area contributed by atoms with Gasteiger partial charge in [-0.25, -0.2) is 0 Å². The minimum absolute atomic E-state index is 0.0230. The molecule has 1 saturated carbocycles. The van der Waals surface area contributed by atoms with E-state index < -0.39 is 0 Å². The van der Waals surface area contributed by atoms with Crippen LogP contribution in [0.1, 0.15) is 31.2 Å². The average molecular weight is 268 g/mol. The van der Waals surface area contributed by atoms with Crippen LogP contribution >= 0.6 is 0 Å². The molecule has 1 atom stereocenters. The van der Waals surface area contributed by atoms with Crippen LogP contribution in [0.4, 0.5) is 0 Å². The Morgan fingerprint density at radius 1 is 1.30 bits per heavy atom. The van der Waals surface area contributed by atoms with Gasteiger partial charge in [0.05, 0.1) is 13.0 Å². The number of carbonyl (C=O) groups is 1. The van der Waals surface area contributed by atoms with Gasteiger partial charge >= 0.3 is 5.97 Å². The Labute approximate surface area is 120 Å². The third kappa shape index (κ3) is 2.20. The molecule has 2 nitrogen and oxygen atoms in total. The van der Waals surface area contributed by atoms with Gasteiger partial charge in [0, 0.05) is 0 Å². The highest BCUT2D eigenvalue weighted by Gasteiger charge is 2.50. The number of hydrogen-bond donors (Lipinski definition) is 0. The van der Waals surface area contributed by atoms with Crippen LogP contribution in [0, 0.1) is 11.3 Å². The lowest BCUT2D eigenvalue weighted by molar-refractivity contribution is -0.146. The summed E-state index contributed by atoms with van der Waals surface area (Å²) < 4.78 is 4.90. The van der Waals surface area contributed by atoms with Crippen molar-refractivity contribution in [1.29, 1.82) is 0 Å². The Morgan fingerprint density at radius 3 is 2.60 bits per heavy atom. The number of methoxy groups -OCH3 is 1. The predicted molar refractivity (Wildman–Crippen MR) is 80.0 cm³/mol. The third-order valence-corrected chi connectivity index (χ3v) is 4.65. The zero-order valence-corrected chi connectivity index (χ0v) is 11.9. The Kier molecular flexibility index (Phi) is 3.25. The Morgan fingerprint density at radius 2 is 2.00 bits per heavy atom. The summed E-state index contributed by atoms with van der Waals surface area (Å²) in [5, 5.41) is 0. The second-order valence-corrected chi connectivity index (χ2v) is 5.90. The van der Waals surface area contributed by atoms with E-state index in [-0.39, 0.29) is 17.3 Å². The second-order valence-electron chi connectivity index (χ2n) is 5.90. The Balaban J connectivity index is 1.86. The topological polar surface area (TPSA) is 26.3 Å². The largest absolute Gasteiger partial charge is 0.469 e.